The first kappa shape index (κ1) is 11.1. The van der Waals surface area contributed by atoms with Gasteiger partial charge in [-0.2, -0.15) is 0 Å². The Kier molecular flexibility index (Phi) is 3.42. The number of aromatic nitrogens is 1. The molecule has 2 atom stereocenters. The zero-order chi connectivity index (χ0) is 10.8. The van der Waals surface area contributed by atoms with E-state index in [0.717, 1.165) is 18.3 Å². The number of hydrogen-bond donors (Lipinski definition) is 1. The lowest BCUT2D eigenvalue weighted by Crippen LogP contribution is -1.97. The minimum absolute atomic E-state index is 0.656. The predicted octanol–water partition coefficient (Wildman–Crippen LogP) is 3.07. The van der Waals surface area contributed by atoms with Gasteiger partial charge in [-0.25, -0.2) is 4.98 Å². The number of rotatable bonds is 3. The molecule has 1 fully saturated rings. The van der Waals surface area contributed by atoms with E-state index in [1.54, 1.807) is 0 Å². The van der Waals surface area contributed by atoms with Gasteiger partial charge in [-0.3, -0.25) is 0 Å². The van der Waals surface area contributed by atoms with Crippen molar-refractivity contribution in [1.29, 1.82) is 0 Å². The first-order chi connectivity index (χ1) is 7.24. The van der Waals surface area contributed by atoms with Gasteiger partial charge in [0.05, 0.1) is 10.7 Å². The van der Waals surface area contributed by atoms with Crippen molar-refractivity contribution in [1.82, 2.24) is 4.98 Å². The van der Waals surface area contributed by atoms with Gasteiger partial charge in [0, 0.05) is 17.3 Å². The number of nitrogens with zero attached hydrogens (tertiary/aromatic N) is 1. The van der Waals surface area contributed by atoms with Crippen LogP contribution in [0, 0.1) is 5.92 Å². The fraction of sp³-hybridized carbons (Fsp3) is 0.750. The smallest absolute Gasteiger partial charge is 0.0962 e. The SMILES string of the molecule is CCc1nc(C2CCC(C)C2)sc1CN. The van der Waals surface area contributed by atoms with Gasteiger partial charge in [0.25, 0.3) is 0 Å². The molecule has 1 aliphatic rings. The summed E-state index contributed by atoms with van der Waals surface area (Å²) in [6.45, 7) is 5.16. The van der Waals surface area contributed by atoms with E-state index in [2.05, 4.69) is 13.8 Å². The van der Waals surface area contributed by atoms with E-state index in [9.17, 15) is 0 Å². The van der Waals surface area contributed by atoms with E-state index in [4.69, 9.17) is 10.7 Å². The Morgan fingerprint density at radius 2 is 2.27 bits per heavy atom. The Hall–Kier alpha value is -0.410. The van der Waals surface area contributed by atoms with Crippen LogP contribution in [0.5, 0.6) is 0 Å². The molecule has 2 rings (SSSR count). The van der Waals surface area contributed by atoms with Crippen LogP contribution < -0.4 is 5.73 Å². The Morgan fingerprint density at radius 1 is 1.47 bits per heavy atom. The fourth-order valence-electron chi connectivity index (χ4n) is 2.45. The summed E-state index contributed by atoms with van der Waals surface area (Å²) in [5, 5.41) is 1.34. The molecule has 0 aliphatic heterocycles. The van der Waals surface area contributed by atoms with E-state index in [-0.39, 0.29) is 0 Å². The third kappa shape index (κ3) is 2.23. The van der Waals surface area contributed by atoms with Crippen molar-refractivity contribution >= 4 is 11.3 Å². The molecule has 15 heavy (non-hydrogen) atoms. The maximum atomic E-state index is 5.74. The summed E-state index contributed by atoms with van der Waals surface area (Å²) in [5.41, 5.74) is 6.97. The highest BCUT2D eigenvalue weighted by Crippen LogP contribution is 2.40. The molecule has 0 amide bonds. The molecule has 0 radical (unpaired) electrons. The van der Waals surface area contributed by atoms with Crippen LogP contribution in [0.25, 0.3) is 0 Å². The maximum Gasteiger partial charge on any atom is 0.0962 e. The highest BCUT2D eigenvalue weighted by molar-refractivity contribution is 7.11. The van der Waals surface area contributed by atoms with E-state index in [1.165, 1.54) is 34.8 Å². The lowest BCUT2D eigenvalue weighted by molar-refractivity contribution is 0.595. The molecular weight excluding hydrogens is 204 g/mol. The summed E-state index contributed by atoms with van der Waals surface area (Å²) in [4.78, 5) is 6.05. The Bertz CT molecular complexity index is 311. The predicted molar refractivity (Wildman–Crippen MR) is 65.1 cm³/mol. The molecule has 1 saturated carbocycles. The van der Waals surface area contributed by atoms with Gasteiger partial charge in [0.2, 0.25) is 0 Å². The molecular formula is C12H20N2S. The zero-order valence-electron chi connectivity index (χ0n) is 9.62. The molecule has 2 nitrogen and oxygen atoms in total. The Morgan fingerprint density at radius 3 is 2.73 bits per heavy atom. The molecule has 2 unspecified atom stereocenters. The maximum absolute atomic E-state index is 5.74. The van der Waals surface area contributed by atoms with Crippen molar-refractivity contribution in [3.8, 4) is 0 Å². The second-order valence-corrected chi connectivity index (χ2v) is 5.71. The number of thiazole rings is 1. The molecule has 1 aromatic heterocycles. The van der Waals surface area contributed by atoms with Gasteiger partial charge < -0.3 is 5.73 Å². The summed E-state index contributed by atoms with van der Waals surface area (Å²) in [7, 11) is 0. The van der Waals surface area contributed by atoms with Gasteiger partial charge in [-0.1, -0.05) is 20.3 Å². The van der Waals surface area contributed by atoms with Gasteiger partial charge in [-0.15, -0.1) is 11.3 Å². The van der Waals surface area contributed by atoms with Crippen LogP contribution in [0.2, 0.25) is 0 Å². The van der Waals surface area contributed by atoms with E-state index >= 15 is 0 Å². The number of nitrogens with two attached hydrogens (primary N) is 1. The topological polar surface area (TPSA) is 38.9 Å². The van der Waals surface area contributed by atoms with E-state index < -0.39 is 0 Å². The highest BCUT2D eigenvalue weighted by Gasteiger charge is 2.26. The fourth-order valence-corrected chi connectivity index (χ4v) is 3.63. The minimum Gasteiger partial charge on any atom is -0.326 e. The van der Waals surface area contributed by atoms with Gasteiger partial charge in [-0.05, 0) is 25.2 Å². The summed E-state index contributed by atoms with van der Waals surface area (Å²) in [6, 6.07) is 0. The molecule has 1 aliphatic carbocycles. The summed E-state index contributed by atoms with van der Waals surface area (Å²) in [5.74, 6) is 1.60. The Labute approximate surface area is 95.9 Å². The van der Waals surface area contributed by atoms with Crippen LogP contribution in [0.3, 0.4) is 0 Å². The monoisotopic (exact) mass is 224 g/mol. The number of aryl methyl sites for hydroxylation is 1. The third-order valence-electron chi connectivity index (χ3n) is 3.36. The average molecular weight is 224 g/mol. The lowest BCUT2D eigenvalue weighted by atomic mass is 10.1. The largest absolute Gasteiger partial charge is 0.326 e. The first-order valence-electron chi connectivity index (χ1n) is 5.93. The molecule has 1 heterocycles. The van der Waals surface area contributed by atoms with Gasteiger partial charge in [0.15, 0.2) is 0 Å². The minimum atomic E-state index is 0.656. The highest BCUT2D eigenvalue weighted by atomic mass is 32.1. The third-order valence-corrected chi connectivity index (χ3v) is 4.64. The number of hydrogen-bond acceptors (Lipinski definition) is 3. The average Bonchev–Trinajstić information content (AvgIpc) is 2.82. The summed E-state index contributed by atoms with van der Waals surface area (Å²) < 4.78 is 0. The summed E-state index contributed by atoms with van der Waals surface area (Å²) in [6.07, 6.45) is 5.03. The van der Waals surface area contributed by atoms with Crippen molar-refractivity contribution in [2.24, 2.45) is 11.7 Å². The second kappa shape index (κ2) is 4.62. The quantitative estimate of drug-likeness (QED) is 0.857. The second-order valence-electron chi connectivity index (χ2n) is 4.59. The molecule has 0 saturated heterocycles. The standard InChI is InChI=1S/C12H20N2S/c1-3-10-11(7-13)15-12(14-10)9-5-4-8(2)6-9/h8-9H,3-7,13H2,1-2H3. The Balaban J connectivity index is 2.18. The van der Waals surface area contributed by atoms with Crippen LogP contribution in [-0.4, -0.2) is 4.98 Å². The van der Waals surface area contributed by atoms with Gasteiger partial charge >= 0.3 is 0 Å². The van der Waals surface area contributed by atoms with Crippen LogP contribution in [-0.2, 0) is 13.0 Å². The van der Waals surface area contributed by atoms with Crippen LogP contribution in [0.4, 0.5) is 0 Å². The van der Waals surface area contributed by atoms with Crippen molar-refractivity contribution in [2.45, 2.75) is 52.0 Å². The van der Waals surface area contributed by atoms with Gasteiger partial charge in [0.1, 0.15) is 0 Å². The van der Waals surface area contributed by atoms with Crippen LogP contribution in [0.1, 0.15) is 54.6 Å². The van der Waals surface area contributed by atoms with Crippen molar-refractivity contribution in [3.63, 3.8) is 0 Å². The molecule has 3 heteroatoms. The van der Waals surface area contributed by atoms with E-state index in [0.29, 0.717) is 6.54 Å². The molecule has 0 bridgehead atoms. The van der Waals surface area contributed by atoms with Crippen LogP contribution >= 0.6 is 11.3 Å². The van der Waals surface area contributed by atoms with Crippen LogP contribution in [0.15, 0.2) is 0 Å². The molecule has 2 N–H and O–H groups in total. The first-order valence-corrected chi connectivity index (χ1v) is 6.74. The van der Waals surface area contributed by atoms with E-state index in [1.807, 2.05) is 11.3 Å². The molecule has 1 aromatic rings. The lowest BCUT2D eigenvalue weighted by Gasteiger charge is -2.03. The summed E-state index contributed by atoms with van der Waals surface area (Å²) >= 11 is 1.85. The zero-order valence-corrected chi connectivity index (χ0v) is 10.4. The molecule has 0 aromatic carbocycles. The van der Waals surface area contributed by atoms with Crippen molar-refractivity contribution in [3.05, 3.63) is 15.6 Å². The normalized spacial score (nSPS) is 26.1. The molecule has 84 valence electrons. The van der Waals surface area contributed by atoms with Crippen molar-refractivity contribution < 1.29 is 0 Å². The molecule has 0 spiro atoms. The van der Waals surface area contributed by atoms with Crippen molar-refractivity contribution in [2.75, 3.05) is 0 Å².